The highest BCUT2D eigenvalue weighted by atomic mass is 79.9. The van der Waals surface area contributed by atoms with Crippen molar-refractivity contribution in [3.05, 3.63) is 35.9 Å². The molecule has 1 fully saturated rings. The number of likely N-dealkylation sites (tertiary alicyclic amines) is 1. The van der Waals surface area contributed by atoms with Crippen LogP contribution in [0.3, 0.4) is 0 Å². The molecule has 0 amide bonds. The van der Waals surface area contributed by atoms with Crippen LogP contribution in [0.15, 0.2) is 30.3 Å². The van der Waals surface area contributed by atoms with Gasteiger partial charge in [0, 0.05) is 5.56 Å². The van der Waals surface area contributed by atoms with Crippen molar-refractivity contribution in [2.24, 2.45) is 0 Å². The lowest BCUT2D eigenvalue weighted by atomic mass is 10.0. The lowest BCUT2D eigenvalue weighted by Gasteiger charge is -2.42. The molecule has 1 aromatic rings. The fourth-order valence-electron chi connectivity index (χ4n) is 5.26. The number of hydrogen-bond donors (Lipinski definition) is 0. The molecule has 1 aromatic carbocycles. The molecule has 0 N–H and O–H groups in total. The number of unbranched alkanes of at least 4 members (excludes halogenated alkanes) is 13. The maximum Gasteiger partial charge on any atom is 0.104 e. The van der Waals surface area contributed by atoms with E-state index in [9.17, 15) is 0 Å². The van der Waals surface area contributed by atoms with Crippen LogP contribution in [0.25, 0.3) is 0 Å². The summed E-state index contributed by atoms with van der Waals surface area (Å²) >= 11 is 0. The van der Waals surface area contributed by atoms with Gasteiger partial charge in [0.2, 0.25) is 0 Å². The molecule has 0 aromatic heterocycles. The normalized spacial score (nSPS) is 15.6. The first-order chi connectivity index (χ1) is 14.3. The van der Waals surface area contributed by atoms with Gasteiger partial charge in [-0.25, -0.2) is 0 Å². The zero-order chi connectivity index (χ0) is 20.5. The van der Waals surface area contributed by atoms with Gasteiger partial charge in [-0.3, -0.25) is 0 Å². The first-order valence-corrected chi connectivity index (χ1v) is 13.2. The summed E-state index contributed by atoms with van der Waals surface area (Å²) in [5.41, 5.74) is 1.54. The van der Waals surface area contributed by atoms with Crippen LogP contribution < -0.4 is 17.0 Å². The molecule has 1 aliphatic rings. The van der Waals surface area contributed by atoms with Gasteiger partial charge in [-0.2, -0.15) is 0 Å². The monoisotopic (exact) mass is 479 g/mol. The Morgan fingerprint density at radius 2 is 1.07 bits per heavy atom. The molecule has 174 valence electrons. The van der Waals surface area contributed by atoms with Crippen LogP contribution >= 0.6 is 0 Å². The van der Waals surface area contributed by atoms with Crippen molar-refractivity contribution in [3.63, 3.8) is 0 Å². The standard InChI is InChI=1S/C28H50N.BrH/c1-2-3-4-5-6-7-8-9-10-11-12-13-14-19-24-29(25-20-16-21-26-29)27-28-22-17-15-18-23-28;/h15,17-18,22-23H,2-14,16,19-21,24-27H2,1H3;1H/q+1;/p-1. The van der Waals surface area contributed by atoms with E-state index < -0.39 is 0 Å². The fraction of sp³-hybridized carbons (Fsp3) is 0.786. The molecule has 0 aliphatic carbocycles. The number of quaternary nitrogens is 1. The molecule has 1 heterocycles. The number of piperidine rings is 1. The van der Waals surface area contributed by atoms with Crippen molar-refractivity contribution in [1.29, 1.82) is 0 Å². The molecule has 1 aliphatic heterocycles. The van der Waals surface area contributed by atoms with Gasteiger partial charge in [0.25, 0.3) is 0 Å². The minimum Gasteiger partial charge on any atom is -1.00 e. The molecule has 0 bridgehead atoms. The van der Waals surface area contributed by atoms with Crippen LogP contribution in [0.1, 0.15) is 122 Å². The molecule has 1 saturated heterocycles. The van der Waals surface area contributed by atoms with E-state index in [1.165, 1.54) is 140 Å². The van der Waals surface area contributed by atoms with Crippen LogP contribution in [0.2, 0.25) is 0 Å². The average Bonchev–Trinajstić information content (AvgIpc) is 2.75. The van der Waals surface area contributed by atoms with Crippen LogP contribution in [0, 0.1) is 0 Å². The Morgan fingerprint density at radius 1 is 0.600 bits per heavy atom. The zero-order valence-electron chi connectivity index (χ0n) is 20.1. The van der Waals surface area contributed by atoms with Crippen molar-refractivity contribution in [3.8, 4) is 0 Å². The highest BCUT2D eigenvalue weighted by Gasteiger charge is 2.29. The number of nitrogens with zero attached hydrogens (tertiary/aromatic N) is 1. The Kier molecular flexibility index (Phi) is 16.8. The van der Waals surface area contributed by atoms with Gasteiger partial charge in [0.05, 0.1) is 19.6 Å². The van der Waals surface area contributed by atoms with Crippen LogP contribution in [-0.4, -0.2) is 24.1 Å². The quantitative estimate of drug-likeness (QED) is 0.199. The van der Waals surface area contributed by atoms with E-state index in [0.717, 1.165) is 0 Å². The topological polar surface area (TPSA) is 0 Å². The Hall–Kier alpha value is -0.340. The molecule has 2 heteroatoms. The maximum atomic E-state index is 2.33. The minimum absolute atomic E-state index is 0. The molecule has 2 rings (SSSR count). The predicted molar refractivity (Wildman–Crippen MR) is 129 cm³/mol. The summed E-state index contributed by atoms with van der Waals surface area (Å²) in [5.74, 6) is 0. The summed E-state index contributed by atoms with van der Waals surface area (Å²) in [7, 11) is 0. The van der Waals surface area contributed by atoms with E-state index in [1.54, 1.807) is 5.56 Å². The van der Waals surface area contributed by atoms with Crippen molar-refractivity contribution in [1.82, 2.24) is 0 Å². The summed E-state index contributed by atoms with van der Waals surface area (Å²) in [5, 5.41) is 0. The lowest BCUT2D eigenvalue weighted by molar-refractivity contribution is -0.945. The third-order valence-corrected chi connectivity index (χ3v) is 7.11. The first kappa shape index (κ1) is 27.7. The van der Waals surface area contributed by atoms with E-state index in [1.807, 2.05) is 0 Å². The van der Waals surface area contributed by atoms with E-state index in [2.05, 4.69) is 37.3 Å². The van der Waals surface area contributed by atoms with E-state index in [0.29, 0.717) is 0 Å². The van der Waals surface area contributed by atoms with Crippen molar-refractivity contribution < 1.29 is 21.5 Å². The lowest BCUT2D eigenvalue weighted by Crippen LogP contribution is -3.00. The molecular formula is C28H50BrN. The van der Waals surface area contributed by atoms with Gasteiger partial charge >= 0.3 is 0 Å². The largest absolute Gasteiger partial charge is 1.00 e. The number of hydrogen-bond acceptors (Lipinski definition) is 0. The number of rotatable bonds is 17. The fourth-order valence-corrected chi connectivity index (χ4v) is 5.26. The first-order valence-electron chi connectivity index (χ1n) is 13.2. The molecule has 0 atom stereocenters. The highest BCUT2D eigenvalue weighted by Crippen LogP contribution is 2.24. The van der Waals surface area contributed by atoms with E-state index in [-0.39, 0.29) is 17.0 Å². The molecule has 0 spiro atoms. The van der Waals surface area contributed by atoms with Gasteiger partial charge in [-0.1, -0.05) is 114 Å². The summed E-state index contributed by atoms with van der Waals surface area (Å²) in [6.45, 7) is 7.80. The van der Waals surface area contributed by atoms with Crippen LogP contribution in [0.5, 0.6) is 0 Å². The SMILES string of the molecule is CCCCCCCCCCCCCCCC[N+]1(Cc2ccccc2)CCCCC1.[Br-]. The van der Waals surface area contributed by atoms with Gasteiger partial charge in [0.1, 0.15) is 6.54 Å². The number of halogens is 1. The summed E-state index contributed by atoms with van der Waals surface area (Å²) in [6.07, 6.45) is 24.7. The van der Waals surface area contributed by atoms with Gasteiger partial charge in [-0.15, -0.1) is 0 Å². The zero-order valence-corrected chi connectivity index (χ0v) is 21.6. The Bertz CT molecular complexity index is 481. The Labute approximate surface area is 199 Å². The molecule has 0 saturated carbocycles. The molecule has 1 nitrogen and oxygen atoms in total. The minimum atomic E-state index is 0. The van der Waals surface area contributed by atoms with E-state index in [4.69, 9.17) is 0 Å². The maximum absolute atomic E-state index is 2.33. The summed E-state index contributed by atoms with van der Waals surface area (Å²) in [6, 6.07) is 11.2. The number of benzene rings is 1. The molecule has 0 radical (unpaired) electrons. The Morgan fingerprint density at radius 3 is 1.57 bits per heavy atom. The third-order valence-electron chi connectivity index (χ3n) is 7.11. The predicted octanol–water partition coefficient (Wildman–Crippen LogP) is 5.67. The summed E-state index contributed by atoms with van der Waals surface area (Å²) in [4.78, 5) is 0. The van der Waals surface area contributed by atoms with Crippen LogP contribution in [0.4, 0.5) is 0 Å². The van der Waals surface area contributed by atoms with Crippen molar-refractivity contribution in [2.75, 3.05) is 19.6 Å². The molecular weight excluding hydrogens is 430 g/mol. The van der Waals surface area contributed by atoms with Gasteiger partial charge in [-0.05, 0) is 32.1 Å². The molecule has 30 heavy (non-hydrogen) atoms. The van der Waals surface area contributed by atoms with Gasteiger partial charge < -0.3 is 21.5 Å². The van der Waals surface area contributed by atoms with E-state index >= 15 is 0 Å². The average molecular weight is 481 g/mol. The Balaban J connectivity index is 0.00000450. The second-order valence-electron chi connectivity index (χ2n) is 9.81. The molecule has 0 unspecified atom stereocenters. The summed E-state index contributed by atoms with van der Waals surface area (Å²) < 4.78 is 1.36. The van der Waals surface area contributed by atoms with Gasteiger partial charge in [0.15, 0.2) is 0 Å². The van der Waals surface area contributed by atoms with Crippen LogP contribution in [-0.2, 0) is 6.54 Å². The van der Waals surface area contributed by atoms with Crippen molar-refractivity contribution in [2.45, 2.75) is 123 Å². The highest BCUT2D eigenvalue weighted by molar-refractivity contribution is 5.13. The second kappa shape index (κ2) is 18.3. The second-order valence-corrected chi connectivity index (χ2v) is 9.81. The third kappa shape index (κ3) is 12.5. The smallest absolute Gasteiger partial charge is 0.104 e. The van der Waals surface area contributed by atoms with Crippen molar-refractivity contribution >= 4 is 0 Å².